The second kappa shape index (κ2) is 4.68. The molecule has 0 saturated heterocycles. The Morgan fingerprint density at radius 3 is 2.62 bits per heavy atom. The van der Waals surface area contributed by atoms with E-state index in [1.165, 1.54) is 16.7 Å². The summed E-state index contributed by atoms with van der Waals surface area (Å²) in [5.74, 6) is 0.842. The molecule has 1 aromatic rings. The van der Waals surface area contributed by atoms with E-state index in [0.717, 1.165) is 12.2 Å². The van der Waals surface area contributed by atoms with Gasteiger partial charge in [-0.05, 0) is 37.1 Å². The lowest BCUT2D eigenvalue weighted by atomic mass is 9.98. The van der Waals surface area contributed by atoms with Gasteiger partial charge in [-0.1, -0.05) is 23.8 Å². The molecule has 72 valence electrons. The Morgan fingerprint density at radius 2 is 2.08 bits per heavy atom. The van der Waals surface area contributed by atoms with Crippen LogP contribution >= 0.6 is 12.6 Å². The van der Waals surface area contributed by atoms with Crippen molar-refractivity contribution in [1.82, 2.24) is 0 Å². The number of aryl methyl sites for hydroxylation is 2. The lowest BCUT2D eigenvalue weighted by molar-refractivity contribution is 0.701. The van der Waals surface area contributed by atoms with Gasteiger partial charge in [0.05, 0.1) is 0 Å². The fraction of sp³-hybridized carbons (Fsp3) is 0.455. The zero-order chi connectivity index (χ0) is 9.84. The van der Waals surface area contributed by atoms with Crippen molar-refractivity contribution in [3.63, 3.8) is 0 Å². The van der Waals surface area contributed by atoms with Crippen LogP contribution in [0.5, 0.6) is 0 Å². The van der Waals surface area contributed by atoms with Gasteiger partial charge in [-0.15, -0.1) is 0 Å². The Hall–Kier alpha value is -0.470. The lowest BCUT2D eigenvalue weighted by Gasteiger charge is -2.13. The van der Waals surface area contributed by atoms with E-state index in [0.29, 0.717) is 0 Å². The van der Waals surface area contributed by atoms with Gasteiger partial charge in [0.1, 0.15) is 0 Å². The average Bonchev–Trinajstić information content (AvgIpc) is 2.04. The molecule has 0 aliphatic heterocycles. The largest absolute Gasteiger partial charge is 0.324 e. The number of thiol groups is 1. The molecule has 0 heterocycles. The molecule has 1 aromatic carbocycles. The van der Waals surface area contributed by atoms with Crippen molar-refractivity contribution in [2.24, 2.45) is 5.73 Å². The number of hydrogen-bond donors (Lipinski definition) is 2. The second-order valence-electron chi connectivity index (χ2n) is 3.48. The molecule has 0 bridgehead atoms. The third-order valence-corrected chi connectivity index (χ3v) is 2.52. The van der Waals surface area contributed by atoms with Crippen molar-refractivity contribution in [2.75, 3.05) is 5.75 Å². The molecule has 0 spiro atoms. The maximum absolute atomic E-state index is 6.01. The predicted molar refractivity (Wildman–Crippen MR) is 61.3 cm³/mol. The summed E-state index contributed by atoms with van der Waals surface area (Å²) >= 11 is 4.18. The van der Waals surface area contributed by atoms with Crippen molar-refractivity contribution in [1.29, 1.82) is 0 Å². The summed E-state index contributed by atoms with van der Waals surface area (Å²) in [6, 6.07) is 6.55. The summed E-state index contributed by atoms with van der Waals surface area (Å²) < 4.78 is 0. The van der Waals surface area contributed by atoms with Crippen LogP contribution in [0.2, 0.25) is 0 Å². The topological polar surface area (TPSA) is 26.0 Å². The molecule has 1 unspecified atom stereocenters. The molecule has 0 aliphatic rings. The van der Waals surface area contributed by atoms with Gasteiger partial charge in [0.2, 0.25) is 0 Å². The van der Waals surface area contributed by atoms with Crippen LogP contribution in [0.4, 0.5) is 0 Å². The highest BCUT2D eigenvalue weighted by Crippen LogP contribution is 2.19. The summed E-state index contributed by atoms with van der Waals surface area (Å²) in [4.78, 5) is 0. The van der Waals surface area contributed by atoms with E-state index in [1.54, 1.807) is 0 Å². The molecule has 1 rings (SSSR count). The molecular formula is C11H17NS. The molecule has 0 amide bonds. The van der Waals surface area contributed by atoms with Crippen LogP contribution in [0.25, 0.3) is 0 Å². The second-order valence-corrected chi connectivity index (χ2v) is 3.93. The van der Waals surface area contributed by atoms with Crippen molar-refractivity contribution in [3.05, 3.63) is 34.9 Å². The van der Waals surface area contributed by atoms with E-state index in [2.05, 4.69) is 44.7 Å². The third kappa shape index (κ3) is 2.75. The summed E-state index contributed by atoms with van der Waals surface area (Å²) in [7, 11) is 0. The summed E-state index contributed by atoms with van der Waals surface area (Å²) in [6.07, 6.45) is 0.938. The summed E-state index contributed by atoms with van der Waals surface area (Å²) in [6.45, 7) is 4.21. The highest BCUT2D eigenvalue weighted by Gasteiger charge is 2.07. The first-order valence-electron chi connectivity index (χ1n) is 4.58. The first-order chi connectivity index (χ1) is 6.15. The maximum Gasteiger partial charge on any atom is 0.0305 e. The van der Waals surface area contributed by atoms with Crippen LogP contribution in [-0.2, 0) is 0 Å². The Bertz CT molecular complexity index is 283. The minimum atomic E-state index is 0.137. The zero-order valence-electron chi connectivity index (χ0n) is 8.25. The monoisotopic (exact) mass is 195 g/mol. The van der Waals surface area contributed by atoms with Crippen molar-refractivity contribution in [2.45, 2.75) is 26.3 Å². The first-order valence-corrected chi connectivity index (χ1v) is 5.22. The zero-order valence-corrected chi connectivity index (χ0v) is 9.14. The lowest BCUT2D eigenvalue weighted by Crippen LogP contribution is -2.12. The molecule has 0 aromatic heterocycles. The number of hydrogen-bond acceptors (Lipinski definition) is 2. The van der Waals surface area contributed by atoms with Gasteiger partial charge >= 0.3 is 0 Å². The molecule has 13 heavy (non-hydrogen) atoms. The molecule has 0 fully saturated rings. The van der Waals surface area contributed by atoms with Gasteiger partial charge in [0, 0.05) is 6.04 Å². The molecule has 0 radical (unpaired) electrons. The third-order valence-electron chi connectivity index (χ3n) is 2.26. The van der Waals surface area contributed by atoms with Crippen LogP contribution in [0.3, 0.4) is 0 Å². The van der Waals surface area contributed by atoms with Crippen molar-refractivity contribution >= 4 is 12.6 Å². The molecule has 1 nitrogen and oxygen atoms in total. The minimum absolute atomic E-state index is 0.137. The van der Waals surface area contributed by atoms with E-state index in [1.807, 2.05) is 0 Å². The standard InChI is InChI=1S/C11H17NS/c1-8-3-4-10(9(2)7-8)11(12)5-6-13/h3-4,7,11,13H,5-6,12H2,1-2H3. The Labute approximate surface area is 85.8 Å². The normalized spacial score (nSPS) is 12.9. The quantitative estimate of drug-likeness (QED) is 0.712. The molecule has 2 heteroatoms. The van der Waals surface area contributed by atoms with Crippen molar-refractivity contribution in [3.8, 4) is 0 Å². The highest BCUT2D eigenvalue weighted by molar-refractivity contribution is 7.80. The van der Waals surface area contributed by atoms with Gasteiger partial charge < -0.3 is 5.73 Å². The van der Waals surface area contributed by atoms with Gasteiger partial charge in [0.25, 0.3) is 0 Å². The SMILES string of the molecule is Cc1ccc(C(N)CCS)c(C)c1. The van der Waals surface area contributed by atoms with Crippen LogP contribution < -0.4 is 5.73 Å². The Morgan fingerprint density at radius 1 is 1.38 bits per heavy atom. The van der Waals surface area contributed by atoms with E-state index in [-0.39, 0.29) is 6.04 Å². The Balaban J connectivity index is 2.88. The van der Waals surface area contributed by atoms with Crippen LogP contribution in [0.1, 0.15) is 29.2 Å². The van der Waals surface area contributed by atoms with Crippen molar-refractivity contribution < 1.29 is 0 Å². The van der Waals surface area contributed by atoms with Gasteiger partial charge in [-0.2, -0.15) is 12.6 Å². The molecular weight excluding hydrogens is 178 g/mol. The number of nitrogens with two attached hydrogens (primary N) is 1. The van der Waals surface area contributed by atoms with E-state index < -0.39 is 0 Å². The summed E-state index contributed by atoms with van der Waals surface area (Å²) in [5, 5.41) is 0. The summed E-state index contributed by atoms with van der Waals surface area (Å²) in [5.41, 5.74) is 9.83. The van der Waals surface area contributed by atoms with Gasteiger partial charge in [0.15, 0.2) is 0 Å². The number of rotatable bonds is 3. The fourth-order valence-corrected chi connectivity index (χ4v) is 1.81. The van der Waals surface area contributed by atoms with Crippen LogP contribution in [0.15, 0.2) is 18.2 Å². The van der Waals surface area contributed by atoms with E-state index in [4.69, 9.17) is 5.73 Å². The van der Waals surface area contributed by atoms with E-state index >= 15 is 0 Å². The maximum atomic E-state index is 6.01. The minimum Gasteiger partial charge on any atom is -0.324 e. The fourth-order valence-electron chi connectivity index (χ4n) is 1.54. The van der Waals surface area contributed by atoms with Gasteiger partial charge in [-0.3, -0.25) is 0 Å². The number of benzene rings is 1. The molecule has 1 atom stereocenters. The van der Waals surface area contributed by atoms with Crippen LogP contribution in [0, 0.1) is 13.8 Å². The Kier molecular flexibility index (Phi) is 3.82. The molecule has 0 aliphatic carbocycles. The molecule has 2 N–H and O–H groups in total. The first kappa shape index (κ1) is 10.6. The molecule has 0 saturated carbocycles. The van der Waals surface area contributed by atoms with E-state index in [9.17, 15) is 0 Å². The predicted octanol–water partition coefficient (Wildman–Crippen LogP) is 2.62. The highest BCUT2D eigenvalue weighted by atomic mass is 32.1. The average molecular weight is 195 g/mol. The van der Waals surface area contributed by atoms with Gasteiger partial charge in [-0.25, -0.2) is 0 Å². The smallest absolute Gasteiger partial charge is 0.0305 e. The van der Waals surface area contributed by atoms with Crippen LogP contribution in [-0.4, -0.2) is 5.75 Å².